The minimum Gasteiger partial charge on any atom is -0.481 e. The Morgan fingerprint density at radius 1 is 1.29 bits per heavy atom. The maximum Gasteiger partial charge on any atom is 0.238 e. The topological polar surface area (TPSA) is 120 Å². The first kappa shape index (κ1) is 15.1. The molecule has 0 amide bonds. The number of hydrogen-bond acceptors (Lipinski definition) is 6. The smallest absolute Gasteiger partial charge is 0.238 e. The molecule has 1 aromatic heterocycles. The van der Waals surface area contributed by atoms with Gasteiger partial charge in [0.25, 0.3) is 0 Å². The van der Waals surface area contributed by atoms with Crippen molar-refractivity contribution in [3.63, 3.8) is 0 Å². The van der Waals surface area contributed by atoms with Crippen LogP contribution in [0.1, 0.15) is 5.56 Å². The van der Waals surface area contributed by atoms with Crippen molar-refractivity contribution in [2.45, 2.75) is 11.4 Å². The number of nitrogen functional groups attached to an aromatic ring is 1. The number of sulfonamides is 1. The van der Waals surface area contributed by atoms with Gasteiger partial charge in [-0.3, -0.25) is 0 Å². The number of nitrogens with zero attached hydrogens (tertiary/aromatic N) is 1. The molecular weight excluding hydrogens is 292 g/mol. The van der Waals surface area contributed by atoms with Crippen LogP contribution in [0.2, 0.25) is 0 Å². The van der Waals surface area contributed by atoms with Crippen molar-refractivity contribution in [2.24, 2.45) is 5.14 Å². The first-order chi connectivity index (χ1) is 9.88. The molecule has 0 aliphatic rings. The fraction of sp³-hybridized carbons (Fsp3) is 0.154. The summed E-state index contributed by atoms with van der Waals surface area (Å²) in [5.41, 5.74) is 7.47. The number of methoxy groups -OCH3 is 1. The predicted molar refractivity (Wildman–Crippen MR) is 80.3 cm³/mol. The summed E-state index contributed by atoms with van der Waals surface area (Å²) in [6.07, 6.45) is 1.67. The molecule has 0 fully saturated rings. The third kappa shape index (κ3) is 4.07. The summed E-state index contributed by atoms with van der Waals surface area (Å²) in [5.74, 6) is 0.527. The zero-order valence-corrected chi connectivity index (χ0v) is 12.2. The molecule has 21 heavy (non-hydrogen) atoms. The van der Waals surface area contributed by atoms with Gasteiger partial charge in [-0.05, 0) is 23.8 Å². The van der Waals surface area contributed by atoms with E-state index in [-0.39, 0.29) is 4.90 Å². The molecule has 1 aromatic carbocycles. The van der Waals surface area contributed by atoms with Crippen LogP contribution in [0, 0.1) is 0 Å². The quantitative estimate of drug-likeness (QED) is 0.707. The molecule has 2 aromatic rings. The van der Waals surface area contributed by atoms with Crippen LogP contribution < -0.4 is 20.9 Å². The van der Waals surface area contributed by atoms with Crippen LogP contribution >= 0.6 is 0 Å². The van der Waals surface area contributed by atoms with Gasteiger partial charge in [0.2, 0.25) is 15.9 Å². The number of rotatable bonds is 5. The second kappa shape index (κ2) is 5.98. The van der Waals surface area contributed by atoms with Gasteiger partial charge in [0.05, 0.1) is 12.0 Å². The predicted octanol–water partition coefficient (Wildman–Crippen LogP) is 0.932. The highest BCUT2D eigenvalue weighted by molar-refractivity contribution is 7.89. The summed E-state index contributed by atoms with van der Waals surface area (Å²) >= 11 is 0. The summed E-state index contributed by atoms with van der Waals surface area (Å²) in [4.78, 5) is 4.05. The van der Waals surface area contributed by atoms with Crippen LogP contribution in [-0.4, -0.2) is 20.5 Å². The summed E-state index contributed by atoms with van der Waals surface area (Å²) < 4.78 is 27.7. The molecule has 0 spiro atoms. The van der Waals surface area contributed by atoms with Crippen LogP contribution in [0.3, 0.4) is 0 Å². The number of nitrogens with one attached hydrogen (secondary N) is 1. The average molecular weight is 308 g/mol. The Morgan fingerprint density at radius 2 is 2.05 bits per heavy atom. The fourth-order valence-electron chi connectivity index (χ4n) is 1.73. The van der Waals surface area contributed by atoms with E-state index in [1.165, 1.54) is 12.1 Å². The first-order valence-corrected chi connectivity index (χ1v) is 7.59. The minimum atomic E-state index is -3.79. The van der Waals surface area contributed by atoms with Crippen molar-refractivity contribution in [1.82, 2.24) is 4.98 Å². The molecule has 7 nitrogen and oxygen atoms in total. The number of anilines is 2. The SMILES string of the molecule is COc1ccc(CNc2cc(N)cc(S(N)(=O)=O)c2)cn1. The van der Waals surface area contributed by atoms with Crippen LogP contribution in [0.15, 0.2) is 41.4 Å². The molecule has 0 bridgehead atoms. The molecule has 8 heteroatoms. The Bertz CT molecular complexity index is 730. The number of ether oxygens (including phenoxy) is 1. The number of nitrogens with two attached hydrogens (primary N) is 2. The Hall–Kier alpha value is -2.32. The Labute approximate surface area is 123 Å². The third-order valence-corrected chi connectivity index (χ3v) is 3.65. The van der Waals surface area contributed by atoms with Crippen molar-refractivity contribution < 1.29 is 13.2 Å². The molecule has 2 rings (SSSR count). The number of aromatic nitrogens is 1. The highest BCUT2D eigenvalue weighted by Crippen LogP contribution is 2.20. The molecule has 112 valence electrons. The second-order valence-corrected chi connectivity index (χ2v) is 5.96. The van der Waals surface area contributed by atoms with Crippen molar-refractivity contribution in [3.8, 4) is 5.88 Å². The van der Waals surface area contributed by atoms with Gasteiger partial charge in [-0.2, -0.15) is 0 Å². The van der Waals surface area contributed by atoms with E-state index in [9.17, 15) is 8.42 Å². The Morgan fingerprint density at radius 3 is 2.62 bits per heavy atom. The number of primary sulfonamides is 1. The van der Waals surface area contributed by atoms with Crippen molar-refractivity contribution in [2.75, 3.05) is 18.2 Å². The van der Waals surface area contributed by atoms with Gasteiger partial charge in [-0.25, -0.2) is 18.5 Å². The lowest BCUT2D eigenvalue weighted by atomic mass is 10.2. The van der Waals surface area contributed by atoms with E-state index in [1.807, 2.05) is 6.07 Å². The molecule has 0 aliphatic heterocycles. The molecular formula is C13H16N4O3S. The van der Waals surface area contributed by atoms with Gasteiger partial charge in [-0.15, -0.1) is 0 Å². The molecule has 0 atom stereocenters. The molecule has 0 saturated carbocycles. The van der Waals surface area contributed by atoms with E-state index < -0.39 is 10.0 Å². The first-order valence-electron chi connectivity index (χ1n) is 6.04. The van der Waals surface area contributed by atoms with Crippen molar-refractivity contribution >= 4 is 21.4 Å². The highest BCUT2D eigenvalue weighted by atomic mass is 32.2. The van der Waals surface area contributed by atoms with Gasteiger partial charge in [0, 0.05) is 30.2 Å². The van der Waals surface area contributed by atoms with E-state index in [4.69, 9.17) is 15.6 Å². The maximum absolute atomic E-state index is 11.4. The van der Waals surface area contributed by atoms with E-state index in [1.54, 1.807) is 25.4 Å². The summed E-state index contributed by atoms with van der Waals surface area (Å²) in [6.45, 7) is 0.463. The molecule has 5 N–H and O–H groups in total. The van der Waals surface area contributed by atoms with Gasteiger partial charge < -0.3 is 15.8 Å². The van der Waals surface area contributed by atoms with Crippen molar-refractivity contribution in [3.05, 3.63) is 42.1 Å². The van der Waals surface area contributed by atoms with Crippen molar-refractivity contribution in [1.29, 1.82) is 0 Å². The Kier molecular flexibility index (Phi) is 4.29. The number of hydrogen-bond donors (Lipinski definition) is 3. The lowest BCUT2D eigenvalue weighted by Gasteiger charge is -2.09. The Balaban J connectivity index is 2.14. The largest absolute Gasteiger partial charge is 0.481 e. The zero-order valence-electron chi connectivity index (χ0n) is 11.4. The molecule has 0 radical (unpaired) electrons. The van der Waals surface area contributed by atoms with Gasteiger partial charge in [-0.1, -0.05) is 6.07 Å². The number of benzene rings is 1. The minimum absolute atomic E-state index is 0.0298. The lowest BCUT2D eigenvalue weighted by molar-refractivity contribution is 0.397. The molecule has 0 unspecified atom stereocenters. The van der Waals surface area contributed by atoms with Crippen LogP contribution in [0.25, 0.3) is 0 Å². The van der Waals surface area contributed by atoms with Gasteiger partial charge >= 0.3 is 0 Å². The maximum atomic E-state index is 11.4. The molecule has 1 heterocycles. The molecule has 0 saturated heterocycles. The standard InChI is InChI=1S/C13H16N4O3S/c1-20-13-3-2-9(8-17-13)7-16-11-4-10(14)5-12(6-11)21(15,18)19/h2-6,8,16H,7,14H2,1H3,(H2,15,18,19). The fourth-order valence-corrected chi connectivity index (χ4v) is 2.32. The van der Waals surface area contributed by atoms with Crippen LogP contribution in [0.4, 0.5) is 11.4 Å². The third-order valence-electron chi connectivity index (χ3n) is 2.76. The monoisotopic (exact) mass is 308 g/mol. The van der Waals surface area contributed by atoms with Gasteiger partial charge in [0.15, 0.2) is 0 Å². The summed E-state index contributed by atoms with van der Waals surface area (Å²) in [7, 11) is -2.25. The van der Waals surface area contributed by atoms with Crippen LogP contribution in [-0.2, 0) is 16.6 Å². The average Bonchev–Trinajstić information content (AvgIpc) is 2.44. The lowest BCUT2D eigenvalue weighted by Crippen LogP contribution is -2.13. The molecule has 0 aliphatic carbocycles. The van der Waals surface area contributed by atoms with E-state index in [2.05, 4.69) is 10.3 Å². The van der Waals surface area contributed by atoms with E-state index >= 15 is 0 Å². The van der Waals surface area contributed by atoms with Gasteiger partial charge in [0.1, 0.15) is 0 Å². The zero-order chi connectivity index (χ0) is 15.5. The normalized spacial score (nSPS) is 11.1. The van der Waals surface area contributed by atoms with Crippen LogP contribution in [0.5, 0.6) is 5.88 Å². The highest BCUT2D eigenvalue weighted by Gasteiger charge is 2.10. The van der Waals surface area contributed by atoms with E-state index in [0.29, 0.717) is 23.8 Å². The number of pyridine rings is 1. The van der Waals surface area contributed by atoms with E-state index in [0.717, 1.165) is 5.56 Å². The summed E-state index contributed by atoms with van der Waals surface area (Å²) in [5, 5.41) is 8.17. The second-order valence-electron chi connectivity index (χ2n) is 4.40. The summed E-state index contributed by atoms with van der Waals surface area (Å²) in [6, 6.07) is 7.97.